The monoisotopic (exact) mass is 266 g/mol. The molecule has 112 valence electrons. The maximum absolute atomic E-state index is 4.12. The molecule has 0 bridgehead atoms. The maximum Gasteiger partial charge on any atom is 0.0309 e. The Morgan fingerprint density at radius 3 is 2.26 bits per heavy atom. The summed E-state index contributed by atoms with van der Waals surface area (Å²) in [4.78, 5) is 2.70. The van der Waals surface area contributed by atoms with Crippen molar-refractivity contribution in [1.82, 2.24) is 10.2 Å². The SMILES string of the molecule is C=C(C)CC(NCCC)C(C)(C)N1CCCCCC1. The van der Waals surface area contributed by atoms with Gasteiger partial charge in [0.05, 0.1) is 0 Å². The second-order valence-corrected chi connectivity index (χ2v) is 6.72. The van der Waals surface area contributed by atoms with Crippen molar-refractivity contribution in [2.45, 2.75) is 77.8 Å². The van der Waals surface area contributed by atoms with Gasteiger partial charge in [0.25, 0.3) is 0 Å². The molecule has 2 heteroatoms. The van der Waals surface area contributed by atoms with Crippen molar-refractivity contribution in [3.05, 3.63) is 12.2 Å². The molecule has 1 unspecified atom stereocenters. The summed E-state index contributed by atoms with van der Waals surface area (Å²) in [6, 6.07) is 0.517. The van der Waals surface area contributed by atoms with E-state index in [1.165, 1.54) is 50.8 Å². The number of nitrogens with one attached hydrogen (secondary N) is 1. The highest BCUT2D eigenvalue weighted by Gasteiger charge is 2.34. The summed E-state index contributed by atoms with van der Waals surface area (Å²) in [6.07, 6.45) is 7.81. The topological polar surface area (TPSA) is 15.3 Å². The van der Waals surface area contributed by atoms with Crippen LogP contribution >= 0.6 is 0 Å². The second kappa shape index (κ2) is 8.06. The Balaban J connectivity index is 2.73. The van der Waals surface area contributed by atoms with Gasteiger partial charge in [-0.2, -0.15) is 0 Å². The van der Waals surface area contributed by atoms with Crippen molar-refractivity contribution in [2.75, 3.05) is 19.6 Å². The predicted octanol–water partition coefficient (Wildman–Crippen LogP) is 3.98. The molecular formula is C17H34N2. The lowest BCUT2D eigenvalue weighted by Crippen LogP contribution is -2.58. The number of rotatable bonds is 7. The third-order valence-corrected chi connectivity index (χ3v) is 4.47. The third kappa shape index (κ3) is 5.27. The molecule has 0 spiro atoms. The minimum atomic E-state index is 0.221. The van der Waals surface area contributed by atoms with E-state index in [1.54, 1.807) is 0 Å². The van der Waals surface area contributed by atoms with Gasteiger partial charge in [0, 0.05) is 11.6 Å². The van der Waals surface area contributed by atoms with Gasteiger partial charge >= 0.3 is 0 Å². The van der Waals surface area contributed by atoms with E-state index in [1.807, 2.05) is 0 Å². The molecule has 0 aromatic heterocycles. The lowest BCUT2D eigenvalue weighted by molar-refractivity contribution is 0.0835. The van der Waals surface area contributed by atoms with Gasteiger partial charge in [-0.3, -0.25) is 4.90 Å². The van der Waals surface area contributed by atoms with Crippen molar-refractivity contribution >= 4 is 0 Å². The van der Waals surface area contributed by atoms with Crippen LogP contribution in [0.25, 0.3) is 0 Å². The molecule has 0 aromatic rings. The number of hydrogen-bond acceptors (Lipinski definition) is 2. The van der Waals surface area contributed by atoms with Crippen LogP contribution in [0, 0.1) is 0 Å². The summed E-state index contributed by atoms with van der Waals surface area (Å²) in [5, 5.41) is 3.76. The minimum absolute atomic E-state index is 0.221. The zero-order valence-corrected chi connectivity index (χ0v) is 13.6. The van der Waals surface area contributed by atoms with Crippen LogP contribution in [-0.4, -0.2) is 36.1 Å². The predicted molar refractivity (Wildman–Crippen MR) is 85.6 cm³/mol. The van der Waals surface area contributed by atoms with Crippen LogP contribution in [-0.2, 0) is 0 Å². The van der Waals surface area contributed by atoms with Gasteiger partial charge in [-0.15, -0.1) is 6.58 Å². The number of hydrogen-bond donors (Lipinski definition) is 1. The molecule has 0 aliphatic carbocycles. The molecule has 1 rings (SSSR count). The Hall–Kier alpha value is -0.340. The van der Waals surface area contributed by atoms with E-state index in [0.29, 0.717) is 6.04 Å². The average molecular weight is 266 g/mol. The first-order valence-electron chi connectivity index (χ1n) is 8.11. The minimum Gasteiger partial charge on any atom is -0.312 e. The number of likely N-dealkylation sites (tertiary alicyclic amines) is 1. The van der Waals surface area contributed by atoms with Crippen LogP contribution < -0.4 is 5.32 Å². The third-order valence-electron chi connectivity index (χ3n) is 4.47. The van der Waals surface area contributed by atoms with Crippen LogP contribution in [0.4, 0.5) is 0 Å². The molecule has 1 aliphatic rings. The number of nitrogens with zero attached hydrogens (tertiary/aromatic N) is 1. The second-order valence-electron chi connectivity index (χ2n) is 6.72. The summed E-state index contributed by atoms with van der Waals surface area (Å²) >= 11 is 0. The fourth-order valence-corrected chi connectivity index (χ4v) is 3.11. The summed E-state index contributed by atoms with van der Waals surface area (Å²) < 4.78 is 0. The molecule has 0 aromatic carbocycles. The quantitative estimate of drug-likeness (QED) is 0.701. The van der Waals surface area contributed by atoms with Gasteiger partial charge in [-0.25, -0.2) is 0 Å². The maximum atomic E-state index is 4.12. The Morgan fingerprint density at radius 2 is 1.79 bits per heavy atom. The highest BCUT2D eigenvalue weighted by atomic mass is 15.2. The summed E-state index contributed by atoms with van der Waals surface area (Å²) in [5.74, 6) is 0. The van der Waals surface area contributed by atoms with Crippen LogP contribution in [0.15, 0.2) is 12.2 Å². The smallest absolute Gasteiger partial charge is 0.0309 e. The van der Waals surface area contributed by atoms with E-state index in [4.69, 9.17) is 0 Å². The highest BCUT2D eigenvalue weighted by Crippen LogP contribution is 2.26. The van der Waals surface area contributed by atoms with Crippen LogP contribution in [0.1, 0.15) is 66.2 Å². The summed E-state index contributed by atoms with van der Waals surface area (Å²) in [6.45, 7) is 17.0. The molecule has 1 heterocycles. The van der Waals surface area contributed by atoms with Crippen LogP contribution in [0.2, 0.25) is 0 Å². The Bertz CT molecular complexity index is 262. The molecule has 1 saturated heterocycles. The first-order chi connectivity index (χ1) is 8.98. The molecular weight excluding hydrogens is 232 g/mol. The Labute approximate surface area is 120 Å². The van der Waals surface area contributed by atoms with E-state index in [-0.39, 0.29) is 5.54 Å². The van der Waals surface area contributed by atoms with Gasteiger partial charge in [0.15, 0.2) is 0 Å². The van der Waals surface area contributed by atoms with E-state index in [0.717, 1.165) is 13.0 Å². The molecule has 1 aliphatic heterocycles. The van der Waals surface area contributed by atoms with Crippen molar-refractivity contribution in [1.29, 1.82) is 0 Å². The lowest BCUT2D eigenvalue weighted by Gasteiger charge is -2.44. The van der Waals surface area contributed by atoms with Gasteiger partial charge in [0.1, 0.15) is 0 Å². The summed E-state index contributed by atoms with van der Waals surface area (Å²) in [7, 11) is 0. The zero-order valence-electron chi connectivity index (χ0n) is 13.6. The van der Waals surface area contributed by atoms with Crippen molar-refractivity contribution in [3.8, 4) is 0 Å². The molecule has 1 N–H and O–H groups in total. The normalized spacial score (nSPS) is 20.0. The first-order valence-corrected chi connectivity index (χ1v) is 8.11. The van der Waals surface area contributed by atoms with Crippen molar-refractivity contribution < 1.29 is 0 Å². The van der Waals surface area contributed by atoms with E-state index < -0.39 is 0 Å². The van der Waals surface area contributed by atoms with E-state index in [2.05, 4.69) is 44.5 Å². The molecule has 0 saturated carbocycles. The average Bonchev–Trinajstić information content (AvgIpc) is 2.63. The largest absolute Gasteiger partial charge is 0.312 e. The molecule has 0 radical (unpaired) electrons. The molecule has 2 nitrogen and oxygen atoms in total. The lowest BCUT2D eigenvalue weighted by atomic mass is 9.87. The van der Waals surface area contributed by atoms with E-state index in [9.17, 15) is 0 Å². The van der Waals surface area contributed by atoms with Crippen molar-refractivity contribution in [3.63, 3.8) is 0 Å². The summed E-state index contributed by atoms with van der Waals surface area (Å²) in [5.41, 5.74) is 1.51. The molecule has 1 fully saturated rings. The van der Waals surface area contributed by atoms with Gasteiger partial charge in [-0.1, -0.05) is 25.3 Å². The Morgan fingerprint density at radius 1 is 1.21 bits per heavy atom. The van der Waals surface area contributed by atoms with Crippen LogP contribution in [0.5, 0.6) is 0 Å². The van der Waals surface area contributed by atoms with E-state index >= 15 is 0 Å². The molecule has 1 atom stereocenters. The fraction of sp³-hybridized carbons (Fsp3) is 0.882. The van der Waals surface area contributed by atoms with Gasteiger partial charge in [0.2, 0.25) is 0 Å². The highest BCUT2D eigenvalue weighted by molar-refractivity contribution is 5.02. The standard InChI is InChI=1S/C17H34N2/c1-6-11-18-16(14-15(2)3)17(4,5)19-12-9-7-8-10-13-19/h16,18H,2,6-14H2,1,3-5H3. The molecule has 19 heavy (non-hydrogen) atoms. The van der Waals surface area contributed by atoms with Crippen LogP contribution in [0.3, 0.4) is 0 Å². The first kappa shape index (κ1) is 16.7. The van der Waals surface area contributed by atoms with Gasteiger partial charge in [-0.05, 0) is 66.1 Å². The molecule has 0 amide bonds. The zero-order chi connectivity index (χ0) is 14.3. The van der Waals surface area contributed by atoms with Crippen molar-refractivity contribution in [2.24, 2.45) is 0 Å². The van der Waals surface area contributed by atoms with Gasteiger partial charge < -0.3 is 5.32 Å². The Kier molecular flexibility index (Phi) is 7.09. The fourth-order valence-electron chi connectivity index (χ4n) is 3.11.